The van der Waals surface area contributed by atoms with E-state index in [0.717, 1.165) is 21.3 Å². The van der Waals surface area contributed by atoms with Gasteiger partial charge in [0.05, 0.1) is 12.8 Å². The molecule has 5 heteroatoms. The topological polar surface area (TPSA) is 34.2 Å². The fourth-order valence-electron chi connectivity index (χ4n) is 1.71. The molecule has 0 aliphatic heterocycles. The summed E-state index contributed by atoms with van der Waals surface area (Å²) >= 11 is 1.60. The minimum absolute atomic E-state index is 0.268. The minimum Gasteiger partial charge on any atom is -0.494 e. The highest BCUT2D eigenvalue weighted by Crippen LogP contribution is 2.25. The van der Waals surface area contributed by atoms with Crippen molar-refractivity contribution in [1.82, 2.24) is 4.98 Å². The molecule has 0 saturated heterocycles. The summed E-state index contributed by atoms with van der Waals surface area (Å²) in [4.78, 5) is 5.60. The van der Waals surface area contributed by atoms with Crippen molar-refractivity contribution in [3.8, 4) is 5.75 Å². The maximum absolute atomic E-state index is 13.6. The zero-order valence-corrected chi connectivity index (χ0v) is 11.4. The zero-order chi connectivity index (χ0) is 13.1. The van der Waals surface area contributed by atoms with Crippen LogP contribution in [0.2, 0.25) is 0 Å². The zero-order valence-electron chi connectivity index (χ0n) is 10.6. The van der Waals surface area contributed by atoms with Crippen molar-refractivity contribution in [3.63, 3.8) is 0 Å². The summed E-state index contributed by atoms with van der Waals surface area (Å²) in [7, 11) is 3.30. The lowest BCUT2D eigenvalue weighted by Crippen LogP contribution is -1.95. The van der Waals surface area contributed by atoms with Gasteiger partial charge in [0.1, 0.15) is 0 Å². The minimum atomic E-state index is -0.336. The van der Waals surface area contributed by atoms with Gasteiger partial charge in [-0.15, -0.1) is 11.3 Å². The van der Waals surface area contributed by atoms with E-state index < -0.39 is 0 Å². The van der Waals surface area contributed by atoms with Gasteiger partial charge in [-0.05, 0) is 24.6 Å². The van der Waals surface area contributed by atoms with Gasteiger partial charge in [0.15, 0.2) is 16.7 Å². The van der Waals surface area contributed by atoms with Crippen molar-refractivity contribution in [2.75, 3.05) is 19.5 Å². The summed E-state index contributed by atoms with van der Waals surface area (Å²) in [6.45, 7) is 2.02. The van der Waals surface area contributed by atoms with Crippen molar-refractivity contribution >= 4 is 16.5 Å². The number of nitrogens with one attached hydrogen (secondary N) is 1. The Morgan fingerprint density at radius 3 is 2.78 bits per heavy atom. The Morgan fingerprint density at radius 2 is 2.22 bits per heavy atom. The van der Waals surface area contributed by atoms with Gasteiger partial charge in [0.25, 0.3) is 0 Å². The average Bonchev–Trinajstić information content (AvgIpc) is 2.70. The third-order valence-corrected chi connectivity index (χ3v) is 3.72. The van der Waals surface area contributed by atoms with Crippen LogP contribution in [-0.2, 0) is 6.42 Å². The van der Waals surface area contributed by atoms with Gasteiger partial charge in [0, 0.05) is 18.3 Å². The Labute approximate surface area is 110 Å². The second-order valence-electron chi connectivity index (χ2n) is 3.92. The van der Waals surface area contributed by atoms with Gasteiger partial charge in [-0.2, -0.15) is 0 Å². The van der Waals surface area contributed by atoms with Gasteiger partial charge < -0.3 is 10.1 Å². The smallest absolute Gasteiger partial charge is 0.182 e. The first-order valence-electron chi connectivity index (χ1n) is 5.60. The lowest BCUT2D eigenvalue weighted by molar-refractivity contribution is 0.386. The Bertz CT molecular complexity index is 554. The van der Waals surface area contributed by atoms with E-state index in [1.807, 2.05) is 20.0 Å². The van der Waals surface area contributed by atoms with Gasteiger partial charge in [-0.25, -0.2) is 9.37 Å². The summed E-state index contributed by atoms with van der Waals surface area (Å²) in [5, 5.41) is 3.90. The van der Waals surface area contributed by atoms with Crippen molar-refractivity contribution in [1.29, 1.82) is 0 Å². The van der Waals surface area contributed by atoms with Crippen molar-refractivity contribution in [3.05, 3.63) is 40.2 Å². The molecule has 1 aromatic carbocycles. The molecule has 1 heterocycles. The average molecular weight is 266 g/mol. The van der Waals surface area contributed by atoms with Crippen LogP contribution >= 0.6 is 11.3 Å². The predicted octanol–water partition coefficient (Wildman–Crippen LogP) is 3.23. The molecule has 0 bridgehead atoms. The lowest BCUT2D eigenvalue weighted by Gasteiger charge is -2.04. The molecular formula is C13H15FN2OS. The van der Waals surface area contributed by atoms with E-state index in [0.29, 0.717) is 6.42 Å². The first-order valence-corrected chi connectivity index (χ1v) is 6.42. The molecule has 0 amide bonds. The molecule has 1 aromatic heterocycles. The third-order valence-electron chi connectivity index (χ3n) is 2.69. The number of hydrogen-bond acceptors (Lipinski definition) is 4. The fourth-order valence-corrected chi connectivity index (χ4v) is 2.50. The van der Waals surface area contributed by atoms with Crippen molar-refractivity contribution in [2.45, 2.75) is 13.3 Å². The van der Waals surface area contributed by atoms with Crippen molar-refractivity contribution < 1.29 is 9.13 Å². The second kappa shape index (κ2) is 5.35. The van der Waals surface area contributed by atoms with Crippen molar-refractivity contribution in [2.24, 2.45) is 0 Å². The van der Waals surface area contributed by atoms with Crippen LogP contribution in [0.15, 0.2) is 18.2 Å². The third kappa shape index (κ3) is 2.61. The van der Waals surface area contributed by atoms with E-state index >= 15 is 0 Å². The van der Waals surface area contributed by atoms with Crippen LogP contribution in [0, 0.1) is 12.7 Å². The van der Waals surface area contributed by atoms with E-state index in [-0.39, 0.29) is 11.6 Å². The van der Waals surface area contributed by atoms with Crippen LogP contribution in [-0.4, -0.2) is 19.1 Å². The highest BCUT2D eigenvalue weighted by Gasteiger charge is 2.09. The van der Waals surface area contributed by atoms with Crippen LogP contribution < -0.4 is 10.1 Å². The molecular weight excluding hydrogens is 251 g/mol. The number of hydrogen-bond donors (Lipinski definition) is 1. The fraction of sp³-hybridized carbons (Fsp3) is 0.308. The summed E-state index contributed by atoms with van der Waals surface area (Å²) in [5.41, 5.74) is 1.87. The summed E-state index contributed by atoms with van der Waals surface area (Å²) in [6.07, 6.45) is 0.630. The second-order valence-corrected chi connectivity index (χ2v) is 5.12. The van der Waals surface area contributed by atoms with E-state index in [9.17, 15) is 4.39 Å². The molecule has 0 atom stereocenters. The van der Waals surface area contributed by atoms with Crippen LogP contribution in [0.4, 0.5) is 9.52 Å². The number of benzene rings is 1. The van der Waals surface area contributed by atoms with Crippen LogP contribution in [0.25, 0.3) is 0 Å². The quantitative estimate of drug-likeness (QED) is 0.922. The largest absolute Gasteiger partial charge is 0.494 e. The number of anilines is 1. The molecule has 2 aromatic rings. The molecule has 0 fully saturated rings. The van der Waals surface area contributed by atoms with Crippen LogP contribution in [0.3, 0.4) is 0 Å². The summed E-state index contributed by atoms with van der Waals surface area (Å²) in [5.74, 6) is -0.0682. The Morgan fingerprint density at radius 1 is 1.44 bits per heavy atom. The van der Waals surface area contributed by atoms with E-state index in [2.05, 4.69) is 10.3 Å². The Kier molecular flexibility index (Phi) is 3.81. The number of thiazole rings is 1. The monoisotopic (exact) mass is 266 g/mol. The number of methoxy groups -OCH3 is 1. The molecule has 0 spiro atoms. The number of ether oxygens (including phenoxy) is 1. The Hall–Kier alpha value is -1.62. The lowest BCUT2D eigenvalue weighted by atomic mass is 10.1. The molecule has 0 saturated carbocycles. The number of aromatic nitrogens is 1. The standard InChI is InChI=1S/C13H15FN2OS/c1-8-11(16-13(15-2)18-8)7-9-4-5-12(17-3)10(14)6-9/h4-6H,7H2,1-3H3,(H,15,16). The molecule has 0 aliphatic rings. The molecule has 2 rings (SSSR count). The Balaban J connectivity index is 2.22. The van der Waals surface area contributed by atoms with E-state index in [1.54, 1.807) is 17.4 Å². The summed E-state index contributed by atoms with van der Waals surface area (Å²) in [6, 6.07) is 5.00. The first kappa shape index (κ1) is 12.8. The maximum Gasteiger partial charge on any atom is 0.182 e. The molecule has 3 nitrogen and oxygen atoms in total. The molecule has 0 aliphatic carbocycles. The maximum atomic E-state index is 13.6. The number of aryl methyl sites for hydroxylation is 1. The summed E-state index contributed by atoms with van der Waals surface area (Å²) < 4.78 is 18.5. The molecule has 1 N–H and O–H groups in total. The SMILES string of the molecule is CNc1nc(Cc2ccc(OC)c(F)c2)c(C)s1. The van der Waals surface area contributed by atoms with Gasteiger partial charge in [-0.1, -0.05) is 6.07 Å². The highest BCUT2D eigenvalue weighted by atomic mass is 32.1. The normalized spacial score (nSPS) is 10.4. The highest BCUT2D eigenvalue weighted by molar-refractivity contribution is 7.15. The van der Waals surface area contributed by atoms with Gasteiger partial charge in [0.2, 0.25) is 0 Å². The predicted molar refractivity (Wildman–Crippen MR) is 72.2 cm³/mol. The van der Waals surface area contributed by atoms with Gasteiger partial charge >= 0.3 is 0 Å². The number of nitrogens with zero attached hydrogens (tertiary/aromatic N) is 1. The van der Waals surface area contributed by atoms with Gasteiger partial charge in [-0.3, -0.25) is 0 Å². The van der Waals surface area contributed by atoms with Crippen LogP contribution in [0.5, 0.6) is 5.75 Å². The molecule has 18 heavy (non-hydrogen) atoms. The first-order chi connectivity index (χ1) is 8.63. The molecule has 0 radical (unpaired) electrons. The molecule has 0 unspecified atom stereocenters. The van der Waals surface area contributed by atoms with E-state index in [4.69, 9.17) is 4.74 Å². The molecule has 96 valence electrons. The number of rotatable bonds is 4. The van der Waals surface area contributed by atoms with Crippen LogP contribution in [0.1, 0.15) is 16.1 Å². The number of halogens is 1. The van der Waals surface area contributed by atoms with E-state index in [1.165, 1.54) is 13.2 Å².